The van der Waals surface area contributed by atoms with Crippen LogP contribution < -0.4 is 0 Å². The quantitative estimate of drug-likeness (QED) is 0.581. The Hall–Kier alpha value is -0.370. The first kappa shape index (κ1) is 8.72. The minimum absolute atomic E-state index is 0.336. The van der Waals surface area contributed by atoms with Crippen LogP contribution in [0.5, 0.6) is 0 Å². The second-order valence-electron chi connectivity index (χ2n) is 3.37. The van der Waals surface area contributed by atoms with Crippen LogP contribution in [0.2, 0.25) is 0 Å². The van der Waals surface area contributed by atoms with Gasteiger partial charge in [-0.15, -0.1) is 0 Å². The second kappa shape index (κ2) is 4.50. The van der Waals surface area contributed by atoms with Gasteiger partial charge in [0, 0.05) is 19.6 Å². The summed E-state index contributed by atoms with van der Waals surface area (Å²) in [4.78, 5) is 10.4. The topological polar surface area (TPSA) is 26.3 Å². The van der Waals surface area contributed by atoms with E-state index in [1.807, 2.05) is 0 Å². The fraction of sp³-hybridized carbons (Fsp3) is 0.889. The second-order valence-corrected chi connectivity index (χ2v) is 3.37. The third-order valence-electron chi connectivity index (χ3n) is 2.49. The van der Waals surface area contributed by atoms with Crippen molar-refractivity contribution in [2.75, 3.05) is 13.7 Å². The van der Waals surface area contributed by atoms with Gasteiger partial charge in [0.05, 0.1) is 0 Å². The lowest BCUT2D eigenvalue weighted by molar-refractivity contribution is -0.112. The predicted octanol–water partition coefficient (Wildman–Crippen LogP) is 1.64. The highest BCUT2D eigenvalue weighted by Gasteiger charge is 2.19. The van der Waals surface area contributed by atoms with Gasteiger partial charge in [0.15, 0.2) is 0 Å². The number of methoxy groups -OCH3 is 1. The van der Waals surface area contributed by atoms with E-state index in [0.717, 1.165) is 38.6 Å². The van der Waals surface area contributed by atoms with Crippen molar-refractivity contribution in [3.05, 3.63) is 0 Å². The van der Waals surface area contributed by atoms with Crippen molar-refractivity contribution in [1.82, 2.24) is 0 Å². The number of ether oxygens (including phenoxy) is 1. The van der Waals surface area contributed by atoms with Crippen molar-refractivity contribution in [3.8, 4) is 0 Å². The van der Waals surface area contributed by atoms with Crippen molar-refractivity contribution in [3.63, 3.8) is 0 Å². The van der Waals surface area contributed by atoms with Gasteiger partial charge in [-0.05, 0) is 31.6 Å². The molecule has 0 aromatic carbocycles. The molecule has 0 unspecified atom stereocenters. The summed E-state index contributed by atoms with van der Waals surface area (Å²) in [7, 11) is 1.74. The number of aldehydes is 1. The van der Waals surface area contributed by atoms with Crippen molar-refractivity contribution >= 4 is 6.29 Å². The predicted molar refractivity (Wildman–Crippen MR) is 43.4 cm³/mol. The van der Waals surface area contributed by atoms with Crippen LogP contribution in [0.4, 0.5) is 0 Å². The summed E-state index contributed by atoms with van der Waals surface area (Å²) in [5.41, 5.74) is 0. The molecular weight excluding hydrogens is 140 g/mol. The molecule has 0 radical (unpaired) electrons. The molecule has 2 heteroatoms. The Morgan fingerprint density at radius 3 is 2.45 bits per heavy atom. The van der Waals surface area contributed by atoms with Crippen molar-refractivity contribution in [2.45, 2.75) is 25.7 Å². The Labute approximate surface area is 67.9 Å². The van der Waals surface area contributed by atoms with Crippen LogP contribution >= 0.6 is 0 Å². The van der Waals surface area contributed by atoms with Crippen molar-refractivity contribution in [2.24, 2.45) is 11.8 Å². The van der Waals surface area contributed by atoms with E-state index >= 15 is 0 Å². The first-order chi connectivity index (χ1) is 5.36. The molecule has 0 bridgehead atoms. The lowest BCUT2D eigenvalue weighted by Crippen LogP contribution is -2.18. The maximum absolute atomic E-state index is 10.4. The normalized spacial score (nSPS) is 31.7. The van der Waals surface area contributed by atoms with Crippen molar-refractivity contribution in [1.29, 1.82) is 0 Å². The van der Waals surface area contributed by atoms with E-state index in [1.54, 1.807) is 7.11 Å². The molecule has 0 aromatic rings. The Kier molecular flexibility index (Phi) is 3.57. The maximum Gasteiger partial charge on any atom is 0.123 e. The molecule has 0 amide bonds. The minimum Gasteiger partial charge on any atom is -0.384 e. The van der Waals surface area contributed by atoms with Gasteiger partial charge in [0.2, 0.25) is 0 Å². The van der Waals surface area contributed by atoms with Crippen LogP contribution in [0.25, 0.3) is 0 Å². The number of rotatable bonds is 3. The van der Waals surface area contributed by atoms with Gasteiger partial charge < -0.3 is 9.53 Å². The Morgan fingerprint density at radius 2 is 2.00 bits per heavy atom. The molecule has 64 valence electrons. The molecule has 0 aromatic heterocycles. The third-order valence-corrected chi connectivity index (χ3v) is 2.49. The zero-order chi connectivity index (χ0) is 8.10. The van der Waals surface area contributed by atoms with Gasteiger partial charge in [-0.2, -0.15) is 0 Å². The zero-order valence-electron chi connectivity index (χ0n) is 7.08. The van der Waals surface area contributed by atoms with E-state index in [1.165, 1.54) is 0 Å². The van der Waals surface area contributed by atoms with Gasteiger partial charge in [0.1, 0.15) is 6.29 Å². The van der Waals surface area contributed by atoms with Crippen LogP contribution in [0.3, 0.4) is 0 Å². The summed E-state index contributed by atoms with van der Waals surface area (Å²) in [6.07, 6.45) is 5.56. The molecule has 1 fully saturated rings. The molecule has 0 heterocycles. The highest BCUT2D eigenvalue weighted by molar-refractivity contribution is 5.53. The molecule has 0 saturated heterocycles. The molecular formula is C9H16O2. The Balaban J connectivity index is 2.18. The smallest absolute Gasteiger partial charge is 0.123 e. The standard InChI is InChI=1S/C9H16O2/c1-11-7-9-4-2-8(6-10)3-5-9/h6,8-9H,2-5,7H2,1H3/t8-,9-. The summed E-state index contributed by atoms with van der Waals surface area (Å²) in [5, 5.41) is 0. The summed E-state index contributed by atoms with van der Waals surface area (Å²) in [6.45, 7) is 0.867. The molecule has 0 atom stereocenters. The van der Waals surface area contributed by atoms with Gasteiger partial charge >= 0.3 is 0 Å². The van der Waals surface area contributed by atoms with Gasteiger partial charge in [-0.3, -0.25) is 0 Å². The molecule has 11 heavy (non-hydrogen) atoms. The number of carbonyl (C=O) groups is 1. The molecule has 0 N–H and O–H groups in total. The number of hydrogen-bond donors (Lipinski definition) is 0. The van der Waals surface area contributed by atoms with Crippen LogP contribution in [-0.2, 0) is 9.53 Å². The van der Waals surface area contributed by atoms with E-state index in [2.05, 4.69) is 0 Å². The van der Waals surface area contributed by atoms with Crippen LogP contribution in [0.15, 0.2) is 0 Å². The molecule has 2 nitrogen and oxygen atoms in total. The minimum atomic E-state index is 0.336. The average molecular weight is 156 g/mol. The van der Waals surface area contributed by atoms with Crippen molar-refractivity contribution < 1.29 is 9.53 Å². The molecule has 1 aliphatic carbocycles. The van der Waals surface area contributed by atoms with Crippen LogP contribution in [0.1, 0.15) is 25.7 Å². The van der Waals surface area contributed by atoms with E-state index in [9.17, 15) is 4.79 Å². The van der Waals surface area contributed by atoms with E-state index in [4.69, 9.17) is 4.74 Å². The summed E-state index contributed by atoms with van der Waals surface area (Å²) in [6, 6.07) is 0. The molecule has 1 rings (SSSR count). The lowest BCUT2D eigenvalue weighted by atomic mass is 9.83. The fourth-order valence-corrected chi connectivity index (χ4v) is 1.73. The summed E-state index contributed by atoms with van der Waals surface area (Å²) >= 11 is 0. The van der Waals surface area contributed by atoms with E-state index in [-0.39, 0.29) is 0 Å². The lowest BCUT2D eigenvalue weighted by Gasteiger charge is -2.24. The number of hydrogen-bond acceptors (Lipinski definition) is 2. The first-order valence-corrected chi connectivity index (χ1v) is 4.31. The third kappa shape index (κ3) is 2.62. The zero-order valence-corrected chi connectivity index (χ0v) is 7.08. The monoisotopic (exact) mass is 156 g/mol. The fourth-order valence-electron chi connectivity index (χ4n) is 1.73. The van der Waals surface area contributed by atoms with Gasteiger partial charge in [-0.1, -0.05) is 0 Å². The van der Waals surface area contributed by atoms with Crippen LogP contribution in [0, 0.1) is 11.8 Å². The first-order valence-electron chi connectivity index (χ1n) is 4.31. The summed E-state index contributed by atoms with van der Waals surface area (Å²) < 4.78 is 5.06. The Bertz CT molecular complexity index is 115. The van der Waals surface area contributed by atoms with E-state index < -0.39 is 0 Å². The number of carbonyl (C=O) groups excluding carboxylic acids is 1. The largest absolute Gasteiger partial charge is 0.384 e. The molecule has 0 aliphatic heterocycles. The molecule has 0 spiro atoms. The maximum atomic E-state index is 10.4. The Morgan fingerprint density at radius 1 is 1.36 bits per heavy atom. The van der Waals surface area contributed by atoms with Crippen LogP contribution in [-0.4, -0.2) is 20.0 Å². The SMILES string of the molecule is COC[C@H]1CC[C@H](C=O)CC1. The highest BCUT2D eigenvalue weighted by atomic mass is 16.5. The van der Waals surface area contributed by atoms with E-state index in [0.29, 0.717) is 11.8 Å². The summed E-state index contributed by atoms with van der Waals surface area (Å²) in [5.74, 6) is 1.04. The highest BCUT2D eigenvalue weighted by Crippen LogP contribution is 2.27. The average Bonchev–Trinajstić information content (AvgIpc) is 2.07. The molecule has 1 saturated carbocycles. The van der Waals surface area contributed by atoms with Gasteiger partial charge in [-0.25, -0.2) is 0 Å². The molecule has 1 aliphatic rings. The van der Waals surface area contributed by atoms with Gasteiger partial charge in [0.25, 0.3) is 0 Å².